The maximum atomic E-state index is 12.8. The highest BCUT2D eigenvalue weighted by atomic mass is 79.9. The van der Waals surface area contributed by atoms with Gasteiger partial charge in [-0.3, -0.25) is 4.79 Å². The molecule has 1 aromatic heterocycles. The fourth-order valence-corrected chi connectivity index (χ4v) is 2.75. The summed E-state index contributed by atoms with van der Waals surface area (Å²) in [4.78, 5) is 12.8. The average molecular weight is 368 g/mol. The van der Waals surface area contributed by atoms with Crippen LogP contribution >= 0.6 is 15.9 Å². The molecule has 0 aliphatic heterocycles. The topological polar surface area (TPSA) is 49.7 Å². The number of aromatic nitrogens is 1. The first-order valence-corrected chi connectivity index (χ1v) is 7.55. The van der Waals surface area contributed by atoms with E-state index in [-0.39, 0.29) is 5.78 Å². The number of aryl methyl sites for hydroxylation is 1. The van der Waals surface area contributed by atoms with Gasteiger partial charge in [-0.15, -0.1) is 0 Å². The summed E-state index contributed by atoms with van der Waals surface area (Å²) in [5, 5.41) is 0. The molecule has 118 valence electrons. The molecule has 0 N–H and O–H groups in total. The smallest absolute Gasteiger partial charge is 0.209 e. The van der Waals surface area contributed by atoms with Gasteiger partial charge in [0.15, 0.2) is 11.5 Å². The van der Waals surface area contributed by atoms with Crippen LogP contribution in [0.15, 0.2) is 28.9 Å². The van der Waals surface area contributed by atoms with Crippen LogP contribution in [0.25, 0.3) is 0 Å². The molecule has 2 aromatic rings. The number of ether oxygens (including phenoxy) is 3. The lowest BCUT2D eigenvalue weighted by atomic mass is 10.1. The molecule has 0 bridgehead atoms. The Kier molecular flexibility index (Phi) is 5.13. The van der Waals surface area contributed by atoms with Gasteiger partial charge in [-0.25, -0.2) is 0 Å². The van der Waals surface area contributed by atoms with Crippen molar-refractivity contribution in [3.63, 3.8) is 0 Å². The summed E-state index contributed by atoms with van der Waals surface area (Å²) in [6, 6.07) is 5.12. The van der Waals surface area contributed by atoms with Crippen molar-refractivity contribution in [2.75, 3.05) is 21.3 Å². The lowest BCUT2D eigenvalue weighted by Gasteiger charge is -2.14. The summed E-state index contributed by atoms with van der Waals surface area (Å²) < 4.78 is 18.6. The molecule has 1 aromatic carbocycles. The minimum Gasteiger partial charge on any atom is -0.493 e. The molecule has 22 heavy (non-hydrogen) atoms. The molecule has 6 heteroatoms. The first-order valence-electron chi connectivity index (χ1n) is 6.76. The minimum atomic E-state index is -0.105. The minimum absolute atomic E-state index is 0.105. The Morgan fingerprint density at radius 1 is 1.09 bits per heavy atom. The number of methoxy groups -OCH3 is 3. The van der Waals surface area contributed by atoms with Crippen molar-refractivity contribution in [1.82, 2.24) is 4.57 Å². The Morgan fingerprint density at radius 2 is 1.68 bits per heavy atom. The van der Waals surface area contributed by atoms with Crippen molar-refractivity contribution in [3.05, 3.63) is 40.1 Å². The Bertz CT molecular complexity index is 668. The summed E-state index contributed by atoms with van der Waals surface area (Å²) in [5.74, 6) is 1.28. The second-order valence-corrected chi connectivity index (χ2v) is 5.49. The number of halogens is 1. The Balaban J connectivity index is 2.54. The van der Waals surface area contributed by atoms with Crippen LogP contribution in [-0.4, -0.2) is 31.7 Å². The second kappa shape index (κ2) is 6.87. The molecule has 0 spiro atoms. The normalized spacial score (nSPS) is 10.4. The van der Waals surface area contributed by atoms with Crippen molar-refractivity contribution in [2.45, 2.75) is 13.5 Å². The van der Waals surface area contributed by atoms with Crippen molar-refractivity contribution in [3.8, 4) is 17.2 Å². The number of hydrogen-bond acceptors (Lipinski definition) is 4. The van der Waals surface area contributed by atoms with Gasteiger partial charge in [-0.2, -0.15) is 0 Å². The monoisotopic (exact) mass is 367 g/mol. The molecule has 0 atom stereocenters. The van der Waals surface area contributed by atoms with Crippen LogP contribution in [0.4, 0.5) is 0 Å². The van der Waals surface area contributed by atoms with E-state index >= 15 is 0 Å². The van der Waals surface area contributed by atoms with Crippen molar-refractivity contribution in [1.29, 1.82) is 0 Å². The van der Waals surface area contributed by atoms with Gasteiger partial charge < -0.3 is 18.8 Å². The summed E-state index contributed by atoms with van der Waals surface area (Å²) in [5.41, 5.74) is 1.08. The molecule has 5 nitrogen and oxygen atoms in total. The van der Waals surface area contributed by atoms with Crippen LogP contribution < -0.4 is 14.2 Å². The van der Waals surface area contributed by atoms with E-state index in [9.17, 15) is 4.79 Å². The number of benzene rings is 1. The molecule has 0 saturated heterocycles. The molecule has 0 unspecified atom stereocenters. The quantitative estimate of drug-likeness (QED) is 0.732. The number of hydrogen-bond donors (Lipinski definition) is 0. The summed E-state index contributed by atoms with van der Waals surface area (Å²) >= 11 is 3.40. The summed E-state index contributed by atoms with van der Waals surface area (Å²) in [6.07, 6.45) is 1.88. The lowest BCUT2D eigenvalue weighted by Crippen LogP contribution is -2.09. The third kappa shape index (κ3) is 2.97. The SMILES string of the molecule is CCn1cc(Br)cc1C(=O)c1cc(OC)c(OC)c(OC)c1. The van der Waals surface area contributed by atoms with Crippen molar-refractivity contribution >= 4 is 21.7 Å². The van der Waals surface area contributed by atoms with Gasteiger partial charge in [-0.1, -0.05) is 0 Å². The number of nitrogens with zero attached hydrogens (tertiary/aromatic N) is 1. The fraction of sp³-hybridized carbons (Fsp3) is 0.312. The first kappa shape index (κ1) is 16.4. The van der Waals surface area contributed by atoms with E-state index in [0.29, 0.717) is 35.1 Å². The van der Waals surface area contributed by atoms with Gasteiger partial charge in [0.2, 0.25) is 11.5 Å². The van der Waals surface area contributed by atoms with Crippen LogP contribution in [-0.2, 0) is 6.54 Å². The lowest BCUT2D eigenvalue weighted by molar-refractivity contribution is 0.102. The predicted octanol–water partition coefficient (Wildman–Crippen LogP) is 3.53. The third-order valence-electron chi connectivity index (χ3n) is 3.36. The Hall–Kier alpha value is -1.95. The van der Waals surface area contributed by atoms with E-state index in [1.807, 2.05) is 17.7 Å². The van der Waals surface area contributed by atoms with E-state index in [1.165, 1.54) is 21.3 Å². The van der Waals surface area contributed by atoms with Gasteiger partial charge in [0.25, 0.3) is 0 Å². The molecule has 2 rings (SSSR count). The van der Waals surface area contributed by atoms with Gasteiger partial charge in [0.05, 0.1) is 27.0 Å². The average Bonchev–Trinajstić information content (AvgIpc) is 2.93. The predicted molar refractivity (Wildman–Crippen MR) is 87.3 cm³/mol. The van der Waals surface area contributed by atoms with Gasteiger partial charge in [0, 0.05) is 22.8 Å². The summed E-state index contributed by atoms with van der Waals surface area (Å²) in [6.45, 7) is 2.69. The second-order valence-electron chi connectivity index (χ2n) is 4.57. The fourth-order valence-electron chi connectivity index (χ4n) is 2.29. The van der Waals surface area contributed by atoms with Crippen LogP contribution in [0.2, 0.25) is 0 Å². The number of ketones is 1. The van der Waals surface area contributed by atoms with E-state index < -0.39 is 0 Å². The zero-order chi connectivity index (χ0) is 16.3. The zero-order valence-corrected chi connectivity index (χ0v) is 14.6. The molecule has 0 radical (unpaired) electrons. The first-order chi connectivity index (χ1) is 10.5. The Labute approximate surface area is 137 Å². The van der Waals surface area contributed by atoms with E-state index in [0.717, 1.165) is 4.47 Å². The van der Waals surface area contributed by atoms with Crippen LogP contribution in [0.5, 0.6) is 17.2 Å². The zero-order valence-electron chi connectivity index (χ0n) is 13.0. The molecule has 1 heterocycles. The highest BCUT2D eigenvalue weighted by molar-refractivity contribution is 9.10. The van der Waals surface area contributed by atoms with Gasteiger partial charge >= 0.3 is 0 Å². The maximum Gasteiger partial charge on any atom is 0.209 e. The molecule has 0 saturated carbocycles. The standard InChI is InChI=1S/C16H18BrNO4/c1-5-18-9-11(17)8-12(18)15(19)10-6-13(20-2)16(22-4)14(7-10)21-3/h6-9H,5H2,1-4H3. The van der Waals surface area contributed by atoms with Gasteiger partial charge in [-0.05, 0) is 41.1 Å². The van der Waals surface area contributed by atoms with Crippen LogP contribution in [0.3, 0.4) is 0 Å². The van der Waals surface area contributed by atoms with E-state index in [1.54, 1.807) is 18.2 Å². The maximum absolute atomic E-state index is 12.8. The van der Waals surface area contributed by atoms with E-state index in [4.69, 9.17) is 14.2 Å². The van der Waals surface area contributed by atoms with Gasteiger partial charge in [0.1, 0.15) is 0 Å². The van der Waals surface area contributed by atoms with E-state index in [2.05, 4.69) is 15.9 Å². The van der Waals surface area contributed by atoms with Crippen molar-refractivity contribution < 1.29 is 19.0 Å². The molecule has 0 amide bonds. The third-order valence-corrected chi connectivity index (χ3v) is 3.80. The summed E-state index contributed by atoms with van der Waals surface area (Å²) in [7, 11) is 4.58. The largest absolute Gasteiger partial charge is 0.493 e. The molecule has 0 fully saturated rings. The highest BCUT2D eigenvalue weighted by Crippen LogP contribution is 2.38. The number of carbonyl (C=O) groups is 1. The molecule has 0 aliphatic carbocycles. The van der Waals surface area contributed by atoms with Crippen LogP contribution in [0, 0.1) is 0 Å². The van der Waals surface area contributed by atoms with Crippen molar-refractivity contribution in [2.24, 2.45) is 0 Å². The number of carbonyl (C=O) groups excluding carboxylic acids is 1. The van der Waals surface area contributed by atoms with Crippen LogP contribution in [0.1, 0.15) is 23.0 Å². The molecule has 0 aliphatic rings. The Morgan fingerprint density at radius 3 is 2.14 bits per heavy atom. The molecular formula is C16H18BrNO4. The molecular weight excluding hydrogens is 350 g/mol. The number of rotatable bonds is 6. The highest BCUT2D eigenvalue weighted by Gasteiger charge is 2.20.